The third kappa shape index (κ3) is 7.71. The molecular weight excluding hydrogens is 422 g/mol. The first-order chi connectivity index (χ1) is 12.3. The molecule has 146 valence electrons. The van der Waals surface area contributed by atoms with Crippen molar-refractivity contribution in [2.45, 2.75) is 13.0 Å². The lowest BCUT2D eigenvalue weighted by molar-refractivity contribution is -0.121. The van der Waals surface area contributed by atoms with Gasteiger partial charge in [-0.05, 0) is 30.7 Å². The molecule has 1 N–H and O–H groups in total. The van der Waals surface area contributed by atoms with Gasteiger partial charge in [0.1, 0.15) is 0 Å². The maximum Gasteiger partial charge on any atom is 0.235 e. The molecule has 9 heteroatoms. The van der Waals surface area contributed by atoms with E-state index in [1.54, 1.807) is 0 Å². The van der Waals surface area contributed by atoms with Gasteiger partial charge >= 0.3 is 0 Å². The van der Waals surface area contributed by atoms with Gasteiger partial charge in [0.2, 0.25) is 15.9 Å². The van der Waals surface area contributed by atoms with Crippen LogP contribution in [0.5, 0.6) is 0 Å². The summed E-state index contributed by atoms with van der Waals surface area (Å²) in [6, 6.07) is 7.37. The Bertz CT molecular complexity index is 676. The minimum atomic E-state index is -3.48. The molecular formula is C17H26BrN3O4S. The molecule has 7 nitrogen and oxygen atoms in total. The van der Waals surface area contributed by atoms with E-state index >= 15 is 0 Å². The summed E-state index contributed by atoms with van der Waals surface area (Å²) in [6.07, 6.45) is 1.95. The number of morpholine rings is 1. The van der Waals surface area contributed by atoms with Crippen LogP contribution in [-0.2, 0) is 26.1 Å². The fraction of sp³-hybridized carbons (Fsp3) is 0.588. The van der Waals surface area contributed by atoms with Gasteiger partial charge in [-0.25, -0.2) is 8.42 Å². The minimum Gasteiger partial charge on any atom is -0.379 e. The largest absolute Gasteiger partial charge is 0.379 e. The van der Waals surface area contributed by atoms with Crippen molar-refractivity contribution in [2.75, 3.05) is 52.2 Å². The molecule has 0 bridgehead atoms. The van der Waals surface area contributed by atoms with Gasteiger partial charge in [0, 0.05) is 30.7 Å². The van der Waals surface area contributed by atoms with Crippen LogP contribution >= 0.6 is 15.9 Å². The third-order valence-corrected chi connectivity index (χ3v) is 5.86. The lowest BCUT2D eigenvalue weighted by Gasteiger charge is -2.26. The maximum absolute atomic E-state index is 12.1. The zero-order chi connectivity index (χ0) is 19.0. The molecule has 1 heterocycles. The fourth-order valence-corrected chi connectivity index (χ4v) is 3.65. The summed E-state index contributed by atoms with van der Waals surface area (Å²) in [5, 5.41) is 2.81. The quantitative estimate of drug-likeness (QED) is 0.572. The van der Waals surface area contributed by atoms with Crippen molar-refractivity contribution in [1.82, 2.24) is 14.5 Å². The second-order valence-electron chi connectivity index (χ2n) is 6.32. The number of carbonyl (C=O) groups is 1. The highest BCUT2D eigenvalue weighted by Crippen LogP contribution is 2.13. The molecule has 0 unspecified atom stereocenters. The van der Waals surface area contributed by atoms with E-state index in [0.717, 1.165) is 55.6 Å². The van der Waals surface area contributed by atoms with E-state index < -0.39 is 10.0 Å². The molecule has 0 atom stereocenters. The van der Waals surface area contributed by atoms with Gasteiger partial charge in [-0.1, -0.05) is 28.1 Å². The molecule has 0 aromatic heterocycles. The molecule has 2 rings (SSSR count). The highest BCUT2D eigenvalue weighted by molar-refractivity contribution is 9.10. The fourth-order valence-electron chi connectivity index (χ4n) is 2.66. The van der Waals surface area contributed by atoms with Gasteiger partial charge in [0.15, 0.2) is 0 Å². The Balaban J connectivity index is 1.77. The summed E-state index contributed by atoms with van der Waals surface area (Å²) in [4.78, 5) is 14.4. The van der Waals surface area contributed by atoms with Crippen LogP contribution in [0, 0.1) is 0 Å². The summed E-state index contributed by atoms with van der Waals surface area (Å²) < 4.78 is 31.4. The number of hydrogen-bond donors (Lipinski definition) is 1. The Labute approximate surface area is 163 Å². The lowest BCUT2D eigenvalue weighted by atomic mass is 10.2. The van der Waals surface area contributed by atoms with Crippen LogP contribution in [0.15, 0.2) is 28.7 Å². The molecule has 0 spiro atoms. The van der Waals surface area contributed by atoms with Crippen molar-refractivity contribution in [3.05, 3.63) is 34.3 Å². The molecule has 1 aliphatic rings. The van der Waals surface area contributed by atoms with E-state index in [1.807, 2.05) is 24.3 Å². The highest BCUT2D eigenvalue weighted by atomic mass is 79.9. The number of sulfonamides is 1. The van der Waals surface area contributed by atoms with E-state index in [0.29, 0.717) is 6.54 Å². The topological polar surface area (TPSA) is 79.0 Å². The van der Waals surface area contributed by atoms with Crippen molar-refractivity contribution in [2.24, 2.45) is 0 Å². The van der Waals surface area contributed by atoms with Gasteiger partial charge in [-0.2, -0.15) is 4.31 Å². The predicted molar refractivity (Wildman–Crippen MR) is 104 cm³/mol. The molecule has 1 aliphatic heterocycles. The second-order valence-corrected chi connectivity index (χ2v) is 9.21. The number of hydrogen-bond acceptors (Lipinski definition) is 5. The Morgan fingerprint density at radius 1 is 1.27 bits per heavy atom. The summed E-state index contributed by atoms with van der Waals surface area (Å²) in [5.41, 5.74) is 0.832. The predicted octanol–water partition coefficient (Wildman–Crippen LogP) is 1.05. The lowest BCUT2D eigenvalue weighted by Crippen LogP contribution is -2.41. The monoisotopic (exact) mass is 447 g/mol. The Morgan fingerprint density at radius 3 is 2.54 bits per heavy atom. The van der Waals surface area contributed by atoms with Crippen molar-refractivity contribution >= 4 is 31.9 Å². The summed E-state index contributed by atoms with van der Waals surface area (Å²) in [7, 11) is -3.48. The van der Waals surface area contributed by atoms with Crippen LogP contribution < -0.4 is 5.32 Å². The number of carbonyl (C=O) groups excluding carboxylic acids is 1. The first kappa shape index (κ1) is 21.3. The average molecular weight is 448 g/mol. The van der Waals surface area contributed by atoms with Crippen LogP contribution in [0.4, 0.5) is 0 Å². The van der Waals surface area contributed by atoms with Gasteiger partial charge in [0.05, 0.1) is 26.0 Å². The number of benzene rings is 1. The Morgan fingerprint density at radius 2 is 1.92 bits per heavy atom. The maximum atomic E-state index is 12.1. The third-order valence-electron chi connectivity index (χ3n) is 4.14. The molecule has 1 saturated heterocycles. The Hall–Kier alpha value is -1.00. The van der Waals surface area contributed by atoms with Crippen molar-refractivity contribution in [1.29, 1.82) is 0 Å². The van der Waals surface area contributed by atoms with Gasteiger partial charge in [0.25, 0.3) is 0 Å². The number of nitrogens with one attached hydrogen (secondary N) is 1. The SMILES string of the molecule is CS(=O)(=O)N(CC(=O)NCCCN1CCOCC1)Cc1ccc(Br)cc1. The first-order valence-electron chi connectivity index (χ1n) is 8.61. The molecule has 0 saturated carbocycles. The van der Waals surface area contributed by atoms with E-state index in [4.69, 9.17) is 4.74 Å². The van der Waals surface area contributed by atoms with E-state index in [1.165, 1.54) is 4.31 Å². The smallest absolute Gasteiger partial charge is 0.235 e. The summed E-state index contributed by atoms with van der Waals surface area (Å²) in [5.74, 6) is -0.283. The molecule has 1 aromatic carbocycles. The van der Waals surface area contributed by atoms with Crippen LogP contribution in [0.2, 0.25) is 0 Å². The zero-order valence-corrected chi connectivity index (χ0v) is 17.4. The number of rotatable bonds is 9. The Kier molecular flexibility index (Phi) is 8.49. The number of nitrogens with zero attached hydrogens (tertiary/aromatic N) is 2. The van der Waals surface area contributed by atoms with Gasteiger partial charge in [-0.3, -0.25) is 9.69 Å². The number of halogens is 1. The van der Waals surface area contributed by atoms with E-state index in [2.05, 4.69) is 26.1 Å². The first-order valence-corrected chi connectivity index (χ1v) is 11.2. The van der Waals surface area contributed by atoms with Crippen LogP contribution in [0.25, 0.3) is 0 Å². The molecule has 1 aromatic rings. The second kappa shape index (κ2) is 10.4. The van der Waals surface area contributed by atoms with Crippen LogP contribution in [0.1, 0.15) is 12.0 Å². The molecule has 0 aliphatic carbocycles. The average Bonchev–Trinajstić information content (AvgIpc) is 2.60. The molecule has 1 amide bonds. The van der Waals surface area contributed by atoms with Crippen molar-refractivity contribution in [3.8, 4) is 0 Å². The van der Waals surface area contributed by atoms with Gasteiger partial charge < -0.3 is 10.1 Å². The highest BCUT2D eigenvalue weighted by Gasteiger charge is 2.20. The molecule has 0 radical (unpaired) electrons. The zero-order valence-electron chi connectivity index (χ0n) is 15.0. The van der Waals surface area contributed by atoms with E-state index in [-0.39, 0.29) is 19.0 Å². The summed E-state index contributed by atoms with van der Waals surface area (Å²) in [6.45, 7) is 4.79. The standard InChI is InChI=1S/C17H26BrN3O4S/c1-26(23,24)21(13-15-3-5-16(18)6-4-15)14-17(22)19-7-2-8-20-9-11-25-12-10-20/h3-6H,2,7-14H2,1H3,(H,19,22). The van der Waals surface area contributed by atoms with Crippen LogP contribution in [-0.4, -0.2) is 75.7 Å². The number of ether oxygens (including phenoxy) is 1. The van der Waals surface area contributed by atoms with E-state index in [9.17, 15) is 13.2 Å². The van der Waals surface area contributed by atoms with Gasteiger partial charge in [-0.15, -0.1) is 0 Å². The van der Waals surface area contributed by atoms with Crippen LogP contribution in [0.3, 0.4) is 0 Å². The summed E-state index contributed by atoms with van der Waals surface area (Å²) >= 11 is 3.35. The number of amides is 1. The van der Waals surface area contributed by atoms with Crippen molar-refractivity contribution in [3.63, 3.8) is 0 Å². The minimum absolute atomic E-state index is 0.174. The van der Waals surface area contributed by atoms with Crippen molar-refractivity contribution < 1.29 is 17.9 Å². The molecule has 1 fully saturated rings. The molecule has 26 heavy (non-hydrogen) atoms. The normalized spacial score (nSPS) is 16.0.